The number of benzene rings is 8. The molecule has 336 valence electrons. The number of rotatable bonds is 8. The molecular weight excluding hydrogens is 865 g/mol. The molecule has 0 unspecified atom stereocenters. The molecule has 14 rings (SSSR count). The Hall–Kier alpha value is -9.42. The molecule has 0 aliphatic heterocycles. The molecule has 12 nitrogen and oxygen atoms in total. The van der Waals surface area contributed by atoms with E-state index in [4.69, 9.17) is 29.9 Å². The SMILES string of the molecule is CCNc1nc(-n2c3ccccc3c3ccccc32)nc(-n2c3ccccc3c3ccccc32)n1.CCNc1nc(-n2c3ccccc3c3ccccc32)nc(-n2c3ccccc3c3ccccc32)n1. The summed E-state index contributed by atoms with van der Waals surface area (Å²) in [5.74, 6) is 3.46. The van der Waals surface area contributed by atoms with E-state index in [1.165, 1.54) is 43.1 Å². The quantitative estimate of drug-likeness (QED) is 0.155. The number of aromatic nitrogens is 10. The molecule has 0 aliphatic rings. The first-order valence-electron chi connectivity index (χ1n) is 23.6. The van der Waals surface area contributed by atoms with Crippen LogP contribution in [0, 0.1) is 0 Å². The standard InChI is InChI=1S/2C29H22N6/c2*1-2-30-27-31-28(34-23-15-7-3-11-19(23)20-12-4-8-16-24(20)34)33-29(32-27)35-25-17-9-5-13-21(25)22-14-6-10-18-26(22)35/h2*3-18H,2H2,1H3,(H,30,31,32,33). The third-order valence-electron chi connectivity index (χ3n) is 13.0. The average molecular weight is 909 g/mol. The molecule has 0 radical (unpaired) electrons. The summed E-state index contributed by atoms with van der Waals surface area (Å²) in [5.41, 5.74) is 8.52. The van der Waals surface area contributed by atoms with Gasteiger partial charge < -0.3 is 10.6 Å². The molecule has 8 aromatic carbocycles. The number of nitrogens with zero attached hydrogens (tertiary/aromatic N) is 10. The van der Waals surface area contributed by atoms with Crippen molar-refractivity contribution in [3.63, 3.8) is 0 Å². The van der Waals surface area contributed by atoms with Crippen LogP contribution in [-0.4, -0.2) is 61.3 Å². The van der Waals surface area contributed by atoms with Crippen molar-refractivity contribution in [2.75, 3.05) is 23.7 Å². The highest BCUT2D eigenvalue weighted by atomic mass is 15.3. The molecule has 0 saturated carbocycles. The first-order valence-corrected chi connectivity index (χ1v) is 23.6. The molecule has 12 heteroatoms. The zero-order chi connectivity index (χ0) is 46.7. The molecule has 0 fully saturated rings. The highest BCUT2D eigenvalue weighted by Crippen LogP contribution is 2.36. The van der Waals surface area contributed by atoms with Gasteiger partial charge in [-0.25, -0.2) is 0 Å². The normalized spacial score (nSPS) is 11.7. The minimum Gasteiger partial charge on any atom is -0.354 e. The van der Waals surface area contributed by atoms with Crippen LogP contribution in [0.25, 0.3) is 111 Å². The van der Waals surface area contributed by atoms with Crippen LogP contribution in [-0.2, 0) is 0 Å². The van der Waals surface area contributed by atoms with E-state index in [0.29, 0.717) is 48.8 Å². The second-order valence-electron chi connectivity index (χ2n) is 17.1. The molecule has 6 aromatic heterocycles. The Labute approximate surface area is 401 Å². The van der Waals surface area contributed by atoms with Gasteiger partial charge in [-0.3, -0.25) is 18.3 Å². The van der Waals surface area contributed by atoms with Gasteiger partial charge in [-0.05, 0) is 62.4 Å². The first kappa shape index (κ1) is 40.8. The monoisotopic (exact) mass is 908 g/mol. The molecule has 14 aromatic rings. The van der Waals surface area contributed by atoms with Gasteiger partial charge in [0.1, 0.15) is 0 Å². The van der Waals surface area contributed by atoms with Crippen LogP contribution >= 0.6 is 0 Å². The van der Waals surface area contributed by atoms with E-state index in [9.17, 15) is 0 Å². The lowest BCUT2D eigenvalue weighted by atomic mass is 10.2. The third-order valence-corrected chi connectivity index (χ3v) is 13.0. The number of anilines is 2. The van der Waals surface area contributed by atoms with Crippen LogP contribution in [0.15, 0.2) is 194 Å². The van der Waals surface area contributed by atoms with Gasteiger partial charge in [-0.2, -0.15) is 29.9 Å². The largest absolute Gasteiger partial charge is 0.354 e. The van der Waals surface area contributed by atoms with Gasteiger partial charge in [0, 0.05) is 56.2 Å². The van der Waals surface area contributed by atoms with E-state index in [1.54, 1.807) is 0 Å². The fraction of sp³-hybridized carbons (Fsp3) is 0.0690. The molecule has 2 N–H and O–H groups in total. The van der Waals surface area contributed by atoms with Gasteiger partial charge in [0.05, 0.1) is 44.1 Å². The van der Waals surface area contributed by atoms with E-state index in [0.717, 1.165) is 44.1 Å². The maximum absolute atomic E-state index is 5.06. The summed E-state index contributed by atoms with van der Waals surface area (Å²) in [5, 5.41) is 16.0. The Kier molecular flexibility index (Phi) is 9.75. The Morgan fingerprint density at radius 1 is 0.257 bits per heavy atom. The summed E-state index contributed by atoms with van der Waals surface area (Å²) < 4.78 is 8.52. The Morgan fingerprint density at radius 3 is 0.600 bits per heavy atom. The van der Waals surface area contributed by atoms with Crippen LogP contribution in [0.2, 0.25) is 0 Å². The lowest BCUT2D eigenvalue weighted by molar-refractivity contribution is 0.883. The van der Waals surface area contributed by atoms with Crippen molar-refractivity contribution in [1.82, 2.24) is 48.2 Å². The smallest absolute Gasteiger partial charge is 0.241 e. The summed E-state index contributed by atoms with van der Waals surface area (Å²) in [6.45, 7) is 5.51. The summed E-state index contributed by atoms with van der Waals surface area (Å²) in [6.07, 6.45) is 0. The van der Waals surface area contributed by atoms with Crippen LogP contribution in [0.1, 0.15) is 13.8 Å². The van der Waals surface area contributed by atoms with Crippen molar-refractivity contribution >= 4 is 99.1 Å². The molecule has 0 aliphatic carbocycles. The van der Waals surface area contributed by atoms with Crippen molar-refractivity contribution in [3.05, 3.63) is 194 Å². The van der Waals surface area contributed by atoms with Gasteiger partial charge >= 0.3 is 0 Å². The van der Waals surface area contributed by atoms with Gasteiger partial charge in [0.25, 0.3) is 0 Å². The lowest BCUT2D eigenvalue weighted by Gasteiger charge is -2.12. The number of hydrogen-bond donors (Lipinski definition) is 2. The van der Waals surface area contributed by atoms with Gasteiger partial charge in [-0.1, -0.05) is 146 Å². The third kappa shape index (κ3) is 6.52. The predicted molar refractivity (Wildman–Crippen MR) is 285 cm³/mol. The van der Waals surface area contributed by atoms with Crippen molar-refractivity contribution in [2.24, 2.45) is 0 Å². The summed E-state index contributed by atoms with van der Waals surface area (Å²) in [4.78, 5) is 29.5. The van der Waals surface area contributed by atoms with Crippen LogP contribution in [0.3, 0.4) is 0 Å². The first-order chi connectivity index (χ1) is 34.7. The van der Waals surface area contributed by atoms with Gasteiger partial charge in [0.15, 0.2) is 0 Å². The highest BCUT2D eigenvalue weighted by molar-refractivity contribution is 6.12. The van der Waals surface area contributed by atoms with Crippen molar-refractivity contribution < 1.29 is 0 Å². The zero-order valence-electron chi connectivity index (χ0n) is 38.4. The fourth-order valence-electron chi connectivity index (χ4n) is 10.1. The van der Waals surface area contributed by atoms with Crippen molar-refractivity contribution in [2.45, 2.75) is 13.8 Å². The highest BCUT2D eigenvalue weighted by Gasteiger charge is 2.21. The Bertz CT molecular complexity index is 3560. The summed E-state index contributed by atoms with van der Waals surface area (Å²) in [6, 6.07) is 67.1. The van der Waals surface area contributed by atoms with Crippen molar-refractivity contribution in [3.8, 4) is 23.8 Å². The fourth-order valence-corrected chi connectivity index (χ4v) is 10.1. The molecule has 0 amide bonds. The van der Waals surface area contributed by atoms with Crippen LogP contribution in [0.5, 0.6) is 0 Å². The minimum absolute atomic E-state index is 0.552. The van der Waals surface area contributed by atoms with Crippen LogP contribution < -0.4 is 10.6 Å². The van der Waals surface area contributed by atoms with Crippen molar-refractivity contribution in [1.29, 1.82) is 0 Å². The Morgan fingerprint density at radius 2 is 0.429 bits per heavy atom. The number of para-hydroxylation sites is 8. The zero-order valence-corrected chi connectivity index (χ0v) is 38.4. The molecule has 0 spiro atoms. The molecule has 0 bridgehead atoms. The summed E-state index contributed by atoms with van der Waals surface area (Å²) >= 11 is 0. The Balaban J connectivity index is 0.000000137. The van der Waals surface area contributed by atoms with E-state index < -0.39 is 0 Å². The van der Waals surface area contributed by atoms with Crippen LogP contribution in [0.4, 0.5) is 11.9 Å². The van der Waals surface area contributed by atoms with Gasteiger partial charge in [-0.15, -0.1) is 0 Å². The second-order valence-corrected chi connectivity index (χ2v) is 17.1. The van der Waals surface area contributed by atoms with E-state index in [1.807, 2.05) is 13.8 Å². The lowest BCUT2D eigenvalue weighted by Crippen LogP contribution is -2.12. The van der Waals surface area contributed by atoms with E-state index in [-0.39, 0.29) is 0 Å². The molecule has 0 atom stereocenters. The maximum atomic E-state index is 5.06. The number of hydrogen-bond acceptors (Lipinski definition) is 8. The topological polar surface area (TPSA) is 121 Å². The molecule has 6 heterocycles. The second kappa shape index (κ2) is 16.7. The van der Waals surface area contributed by atoms with Gasteiger partial charge in [0.2, 0.25) is 35.7 Å². The molecule has 0 saturated heterocycles. The summed E-state index contributed by atoms with van der Waals surface area (Å²) in [7, 11) is 0. The average Bonchev–Trinajstić information content (AvgIpc) is 4.14. The number of nitrogens with one attached hydrogen (secondary N) is 2. The maximum Gasteiger partial charge on any atom is 0.241 e. The number of fused-ring (bicyclic) bond motifs is 12. The molecule has 70 heavy (non-hydrogen) atoms. The van der Waals surface area contributed by atoms with E-state index in [2.05, 4.69) is 223 Å². The predicted octanol–water partition coefficient (Wildman–Crippen LogP) is 13.0. The molecular formula is C58H44N12. The minimum atomic E-state index is 0.552. The van der Waals surface area contributed by atoms with E-state index >= 15 is 0 Å².